The molecule has 46 heavy (non-hydrogen) atoms. The highest BCUT2D eigenvalue weighted by Crippen LogP contribution is 2.42. The third-order valence-electron chi connectivity index (χ3n) is 8.34. The Morgan fingerprint density at radius 2 is 0.978 bits per heavy atom. The maximum absolute atomic E-state index is 13.1. The Morgan fingerprint density at radius 3 is 1.30 bits per heavy atom. The highest BCUT2D eigenvalue weighted by atomic mass is 35.5. The summed E-state index contributed by atoms with van der Waals surface area (Å²) in [5, 5.41) is -1.43. The van der Waals surface area contributed by atoms with E-state index in [1.807, 2.05) is 0 Å². The molecule has 2 saturated carbocycles. The summed E-state index contributed by atoms with van der Waals surface area (Å²) < 4.78 is 21.2. The molecule has 0 N–H and O–H groups in total. The number of rotatable bonds is 10. The van der Waals surface area contributed by atoms with Gasteiger partial charge in [-0.3, -0.25) is 0 Å². The van der Waals surface area contributed by atoms with Gasteiger partial charge < -0.3 is 18.9 Å². The van der Waals surface area contributed by atoms with E-state index in [1.165, 1.54) is 0 Å². The normalized spacial score (nSPS) is 20.8. The van der Waals surface area contributed by atoms with Crippen LogP contribution in [-0.2, 0) is 19.1 Å². The van der Waals surface area contributed by atoms with Gasteiger partial charge in [-0.1, -0.05) is 109 Å². The van der Waals surface area contributed by atoms with Crippen molar-refractivity contribution in [3.05, 3.63) is 53.4 Å². The predicted molar refractivity (Wildman–Crippen MR) is 177 cm³/mol. The molecule has 0 aliphatic heterocycles. The standard InChI is InChI=1S/C32H32Cl6O8/c1-15-3-5-17(11-15)7-9-43-29(39)23-25(37)19(33)13-21(35)27(23)45-31(41)32(42)46-28-22(36)14-20(34)26(38)24(28)30(40)44-10-8-18-6-4-16(2)12-18/h13-18H,3-12H2,1-2H3. The number of hydrogen-bond acceptors (Lipinski definition) is 8. The van der Waals surface area contributed by atoms with E-state index in [0.29, 0.717) is 36.5 Å². The van der Waals surface area contributed by atoms with Crippen LogP contribution in [0.3, 0.4) is 0 Å². The minimum Gasteiger partial charge on any atom is -0.462 e. The first kappa shape index (κ1) is 36.9. The SMILES string of the molecule is CC1CCC(CCOC(=O)c2c(Cl)c(Cl)cc(Cl)c2OC(=O)C(=O)Oc2c(Cl)cc(Cl)c(Cl)c2C(=O)OCCC2CCC(C)C2)C1. The molecule has 2 aliphatic carbocycles. The van der Waals surface area contributed by atoms with Gasteiger partial charge in [0.1, 0.15) is 11.1 Å². The lowest BCUT2D eigenvalue weighted by atomic mass is 10.0. The van der Waals surface area contributed by atoms with Gasteiger partial charge in [0.15, 0.2) is 11.5 Å². The van der Waals surface area contributed by atoms with Gasteiger partial charge in [-0.05, 0) is 61.5 Å². The summed E-state index contributed by atoms with van der Waals surface area (Å²) >= 11 is 37.3. The van der Waals surface area contributed by atoms with E-state index in [0.717, 1.165) is 50.7 Å². The topological polar surface area (TPSA) is 105 Å². The zero-order valence-electron chi connectivity index (χ0n) is 25.1. The third-order valence-corrected chi connectivity index (χ3v) is 10.5. The molecule has 2 aromatic rings. The summed E-state index contributed by atoms with van der Waals surface area (Å²) in [5.74, 6) is -4.27. The molecule has 2 fully saturated rings. The van der Waals surface area contributed by atoms with Crippen LogP contribution in [0.25, 0.3) is 0 Å². The number of benzene rings is 2. The van der Waals surface area contributed by atoms with Crippen molar-refractivity contribution in [3.63, 3.8) is 0 Å². The predicted octanol–water partition coefficient (Wildman–Crippen LogP) is 10.1. The molecule has 4 unspecified atom stereocenters. The van der Waals surface area contributed by atoms with E-state index in [1.54, 1.807) is 0 Å². The van der Waals surface area contributed by atoms with Gasteiger partial charge in [0.25, 0.3) is 0 Å². The molecule has 2 aromatic carbocycles. The lowest BCUT2D eigenvalue weighted by Gasteiger charge is -2.16. The molecule has 0 saturated heterocycles. The summed E-state index contributed by atoms with van der Waals surface area (Å²) in [6, 6.07) is 2.26. The van der Waals surface area contributed by atoms with Crippen LogP contribution in [0, 0.1) is 23.7 Å². The minimum atomic E-state index is -1.63. The van der Waals surface area contributed by atoms with Crippen molar-refractivity contribution in [3.8, 4) is 11.5 Å². The second-order valence-electron chi connectivity index (χ2n) is 11.9. The lowest BCUT2D eigenvalue weighted by Crippen LogP contribution is -2.27. The first-order valence-electron chi connectivity index (χ1n) is 14.9. The Balaban J connectivity index is 1.48. The molecule has 14 heteroatoms. The fraction of sp³-hybridized carbons (Fsp3) is 0.500. The molecule has 8 nitrogen and oxygen atoms in total. The maximum atomic E-state index is 13.1. The zero-order valence-corrected chi connectivity index (χ0v) is 29.6. The van der Waals surface area contributed by atoms with E-state index >= 15 is 0 Å². The van der Waals surface area contributed by atoms with Crippen molar-refractivity contribution in [2.75, 3.05) is 13.2 Å². The highest BCUT2D eigenvalue weighted by Gasteiger charge is 2.32. The Kier molecular flexibility index (Phi) is 13.2. The number of carbonyl (C=O) groups is 4. The average Bonchev–Trinajstić information content (AvgIpc) is 3.61. The van der Waals surface area contributed by atoms with E-state index < -0.39 is 46.5 Å². The van der Waals surface area contributed by atoms with Crippen LogP contribution in [0.1, 0.15) is 85.9 Å². The molecule has 4 rings (SSSR count). The van der Waals surface area contributed by atoms with Crippen LogP contribution in [0.4, 0.5) is 0 Å². The summed E-state index contributed by atoms with van der Waals surface area (Å²) in [7, 11) is 0. The van der Waals surface area contributed by atoms with Crippen molar-refractivity contribution >= 4 is 93.5 Å². The van der Waals surface area contributed by atoms with E-state index in [2.05, 4.69) is 13.8 Å². The largest absolute Gasteiger partial charge is 0.462 e. The molecule has 0 aromatic heterocycles. The molecule has 250 valence electrons. The average molecular weight is 757 g/mol. The van der Waals surface area contributed by atoms with Crippen LogP contribution >= 0.6 is 69.6 Å². The van der Waals surface area contributed by atoms with Crippen molar-refractivity contribution in [1.29, 1.82) is 0 Å². The Hall–Kier alpha value is -1.94. The number of carbonyl (C=O) groups excluding carboxylic acids is 4. The monoisotopic (exact) mass is 754 g/mol. The third kappa shape index (κ3) is 9.14. The highest BCUT2D eigenvalue weighted by molar-refractivity contribution is 6.47. The first-order chi connectivity index (χ1) is 21.8. The number of halogens is 6. The van der Waals surface area contributed by atoms with Gasteiger partial charge in [-0.15, -0.1) is 0 Å². The van der Waals surface area contributed by atoms with Crippen LogP contribution in [0.15, 0.2) is 12.1 Å². The van der Waals surface area contributed by atoms with Gasteiger partial charge in [-0.25, -0.2) is 19.2 Å². The number of esters is 4. The van der Waals surface area contributed by atoms with Crippen molar-refractivity contribution < 1.29 is 38.1 Å². The van der Waals surface area contributed by atoms with Crippen molar-refractivity contribution in [1.82, 2.24) is 0 Å². The second kappa shape index (κ2) is 16.4. The van der Waals surface area contributed by atoms with Crippen molar-refractivity contribution in [2.45, 2.75) is 65.2 Å². The molecule has 0 bridgehead atoms. The van der Waals surface area contributed by atoms with Gasteiger partial charge >= 0.3 is 23.9 Å². The molecule has 4 atom stereocenters. The Bertz CT molecular complexity index is 1400. The van der Waals surface area contributed by atoms with E-state index in [9.17, 15) is 19.2 Å². The van der Waals surface area contributed by atoms with Crippen LogP contribution in [-0.4, -0.2) is 37.1 Å². The number of ether oxygens (including phenoxy) is 4. The fourth-order valence-electron chi connectivity index (χ4n) is 5.95. The molecule has 0 heterocycles. The van der Waals surface area contributed by atoms with E-state index in [-0.39, 0.29) is 43.3 Å². The second-order valence-corrected chi connectivity index (χ2v) is 14.3. The molecule has 0 amide bonds. The Labute approximate surface area is 297 Å². The van der Waals surface area contributed by atoms with Gasteiger partial charge in [-0.2, -0.15) is 0 Å². The zero-order chi connectivity index (χ0) is 33.7. The van der Waals surface area contributed by atoms with Crippen LogP contribution in [0.2, 0.25) is 30.1 Å². The number of hydrogen-bond donors (Lipinski definition) is 0. The van der Waals surface area contributed by atoms with Gasteiger partial charge in [0.05, 0.1) is 43.3 Å². The molecular formula is C32H32Cl6O8. The summed E-state index contributed by atoms with van der Waals surface area (Å²) in [5.41, 5.74) is -0.901. The molecule has 0 radical (unpaired) electrons. The summed E-state index contributed by atoms with van der Waals surface area (Å²) in [6.45, 7) is 4.51. The summed E-state index contributed by atoms with van der Waals surface area (Å²) in [4.78, 5) is 52.0. The smallest absolute Gasteiger partial charge is 0.423 e. The molecule has 2 aliphatic rings. The van der Waals surface area contributed by atoms with E-state index in [4.69, 9.17) is 88.6 Å². The molecule has 0 spiro atoms. The van der Waals surface area contributed by atoms with Crippen LogP contribution in [0.5, 0.6) is 11.5 Å². The van der Waals surface area contributed by atoms with Crippen LogP contribution < -0.4 is 9.47 Å². The van der Waals surface area contributed by atoms with Gasteiger partial charge in [0, 0.05) is 0 Å². The quantitative estimate of drug-likeness (QED) is 0.102. The minimum absolute atomic E-state index is 0.0839. The first-order valence-corrected chi connectivity index (χ1v) is 17.2. The maximum Gasteiger partial charge on any atom is 0.423 e. The molecular weight excluding hydrogens is 725 g/mol. The lowest BCUT2D eigenvalue weighted by molar-refractivity contribution is -0.156. The van der Waals surface area contributed by atoms with Gasteiger partial charge in [0.2, 0.25) is 0 Å². The van der Waals surface area contributed by atoms with Crippen molar-refractivity contribution in [2.24, 2.45) is 23.7 Å². The summed E-state index contributed by atoms with van der Waals surface area (Å²) in [6.07, 6.45) is 7.64. The Morgan fingerprint density at radius 1 is 0.609 bits per heavy atom. The fourth-order valence-corrected chi connectivity index (χ4v) is 7.38.